The molecule has 0 saturated carbocycles. The number of benzene rings is 1. The first kappa shape index (κ1) is 11.5. The predicted molar refractivity (Wildman–Crippen MR) is 56.4 cm³/mol. The molecule has 0 saturated heterocycles. The topological polar surface area (TPSA) is 55.4 Å². The predicted octanol–water partition coefficient (Wildman–Crippen LogP) is 1.28. The van der Waals surface area contributed by atoms with Crippen LogP contribution in [0.25, 0.3) is 0 Å². The first-order valence-electron chi connectivity index (χ1n) is 4.25. The van der Waals surface area contributed by atoms with Crippen LogP contribution in [0.15, 0.2) is 18.2 Å². The van der Waals surface area contributed by atoms with Crippen LogP contribution in [0.4, 0.5) is 0 Å². The van der Waals surface area contributed by atoms with Crippen molar-refractivity contribution in [3.63, 3.8) is 0 Å². The molecule has 0 aliphatic rings. The van der Waals surface area contributed by atoms with Gasteiger partial charge in [-0.2, -0.15) is 0 Å². The van der Waals surface area contributed by atoms with Crippen LogP contribution in [0, 0.1) is 0 Å². The lowest BCUT2D eigenvalue weighted by Crippen LogP contribution is -2.25. The van der Waals surface area contributed by atoms with Crippen molar-refractivity contribution in [1.29, 1.82) is 0 Å². The van der Waals surface area contributed by atoms with Gasteiger partial charge in [0.15, 0.2) is 12.9 Å². The Morgan fingerprint density at radius 1 is 1.60 bits per heavy atom. The second kappa shape index (κ2) is 5.36. The van der Waals surface area contributed by atoms with Gasteiger partial charge in [0.1, 0.15) is 5.75 Å². The van der Waals surface area contributed by atoms with Crippen LogP contribution in [0.1, 0.15) is 10.4 Å². The molecule has 1 aromatic rings. The van der Waals surface area contributed by atoms with Gasteiger partial charge in [-0.05, 0) is 18.2 Å². The SMILES string of the molecule is CNC(=O)COc1ccc(Cl)cc1C=O. The highest BCUT2D eigenvalue weighted by Gasteiger charge is 2.05. The van der Waals surface area contributed by atoms with Gasteiger partial charge in [-0.1, -0.05) is 11.6 Å². The number of carbonyl (C=O) groups excluding carboxylic acids is 2. The second-order valence-corrected chi connectivity index (χ2v) is 3.20. The molecule has 0 aliphatic heterocycles. The standard InChI is InChI=1S/C10H10ClNO3/c1-12-10(14)6-15-9-3-2-8(11)4-7(9)5-13/h2-5H,6H2,1H3,(H,12,14). The Kier molecular flexibility index (Phi) is 4.12. The summed E-state index contributed by atoms with van der Waals surface area (Å²) in [5, 5.41) is 2.85. The number of hydrogen-bond donors (Lipinski definition) is 1. The molecule has 0 bridgehead atoms. The number of amides is 1. The third kappa shape index (κ3) is 3.25. The molecule has 0 spiro atoms. The summed E-state index contributed by atoms with van der Waals surface area (Å²) in [4.78, 5) is 21.6. The summed E-state index contributed by atoms with van der Waals surface area (Å²) in [6.45, 7) is -0.126. The molecule has 4 nitrogen and oxygen atoms in total. The lowest BCUT2D eigenvalue weighted by atomic mass is 10.2. The smallest absolute Gasteiger partial charge is 0.257 e. The number of nitrogens with one attached hydrogen (secondary N) is 1. The van der Waals surface area contributed by atoms with Crippen LogP contribution in [-0.4, -0.2) is 25.8 Å². The highest BCUT2D eigenvalue weighted by Crippen LogP contribution is 2.21. The Morgan fingerprint density at radius 3 is 2.93 bits per heavy atom. The lowest BCUT2D eigenvalue weighted by Gasteiger charge is -2.07. The molecule has 0 fully saturated rings. The monoisotopic (exact) mass is 227 g/mol. The maximum absolute atomic E-state index is 10.9. The van der Waals surface area contributed by atoms with E-state index < -0.39 is 0 Å². The van der Waals surface area contributed by atoms with Crippen molar-refractivity contribution in [2.24, 2.45) is 0 Å². The van der Waals surface area contributed by atoms with Crippen molar-refractivity contribution in [3.8, 4) is 5.75 Å². The zero-order valence-electron chi connectivity index (χ0n) is 8.12. The van der Waals surface area contributed by atoms with Crippen molar-refractivity contribution in [3.05, 3.63) is 28.8 Å². The summed E-state index contributed by atoms with van der Waals surface area (Å²) in [7, 11) is 1.51. The van der Waals surface area contributed by atoms with Crippen molar-refractivity contribution in [2.45, 2.75) is 0 Å². The molecule has 80 valence electrons. The third-order valence-electron chi connectivity index (χ3n) is 1.74. The minimum absolute atomic E-state index is 0.126. The molecular formula is C10H10ClNO3. The molecule has 1 N–H and O–H groups in total. The van der Waals surface area contributed by atoms with Gasteiger partial charge in [-0.15, -0.1) is 0 Å². The number of halogens is 1. The van der Waals surface area contributed by atoms with E-state index in [-0.39, 0.29) is 12.5 Å². The Bertz CT molecular complexity index is 379. The van der Waals surface area contributed by atoms with E-state index in [9.17, 15) is 9.59 Å². The summed E-state index contributed by atoms with van der Waals surface area (Å²) >= 11 is 5.69. The molecule has 1 rings (SSSR count). The van der Waals surface area contributed by atoms with Gasteiger partial charge in [-0.3, -0.25) is 9.59 Å². The zero-order valence-corrected chi connectivity index (χ0v) is 8.88. The Hall–Kier alpha value is -1.55. The van der Waals surface area contributed by atoms with E-state index in [1.54, 1.807) is 12.1 Å². The van der Waals surface area contributed by atoms with Gasteiger partial charge in [0.25, 0.3) is 5.91 Å². The van der Waals surface area contributed by atoms with Crippen LogP contribution >= 0.6 is 11.6 Å². The van der Waals surface area contributed by atoms with Crippen LogP contribution in [-0.2, 0) is 4.79 Å². The quantitative estimate of drug-likeness (QED) is 0.789. The van der Waals surface area contributed by atoms with E-state index in [0.717, 1.165) is 0 Å². The van der Waals surface area contributed by atoms with E-state index in [2.05, 4.69) is 5.32 Å². The number of rotatable bonds is 4. The number of hydrogen-bond acceptors (Lipinski definition) is 3. The van der Waals surface area contributed by atoms with E-state index in [4.69, 9.17) is 16.3 Å². The van der Waals surface area contributed by atoms with E-state index in [1.165, 1.54) is 13.1 Å². The summed E-state index contributed by atoms with van der Waals surface area (Å²) in [6, 6.07) is 4.62. The van der Waals surface area contributed by atoms with Crippen LogP contribution in [0.2, 0.25) is 5.02 Å². The number of carbonyl (C=O) groups is 2. The Balaban J connectivity index is 2.76. The fourth-order valence-corrected chi connectivity index (χ4v) is 1.14. The average Bonchev–Trinajstić information content (AvgIpc) is 2.26. The van der Waals surface area contributed by atoms with Crippen LogP contribution < -0.4 is 10.1 Å². The van der Waals surface area contributed by atoms with Gasteiger partial charge < -0.3 is 10.1 Å². The minimum Gasteiger partial charge on any atom is -0.483 e. The zero-order chi connectivity index (χ0) is 11.3. The maximum Gasteiger partial charge on any atom is 0.257 e. The largest absolute Gasteiger partial charge is 0.483 e. The van der Waals surface area contributed by atoms with Gasteiger partial charge in [0, 0.05) is 12.1 Å². The molecule has 1 aromatic carbocycles. The molecule has 0 aromatic heterocycles. The molecule has 5 heteroatoms. The molecule has 0 aliphatic carbocycles. The van der Waals surface area contributed by atoms with E-state index in [0.29, 0.717) is 22.6 Å². The molecule has 0 unspecified atom stereocenters. The summed E-state index contributed by atoms with van der Waals surface area (Å²) in [5.41, 5.74) is 0.325. The van der Waals surface area contributed by atoms with Gasteiger partial charge in [0.05, 0.1) is 5.56 Å². The summed E-state index contributed by atoms with van der Waals surface area (Å²) in [6.07, 6.45) is 0.630. The van der Waals surface area contributed by atoms with Crippen LogP contribution in [0.3, 0.4) is 0 Å². The number of aldehydes is 1. The first-order valence-corrected chi connectivity index (χ1v) is 4.63. The van der Waals surface area contributed by atoms with E-state index >= 15 is 0 Å². The molecule has 1 amide bonds. The molecule has 0 radical (unpaired) electrons. The summed E-state index contributed by atoms with van der Waals surface area (Å²) in [5.74, 6) is 0.0831. The highest BCUT2D eigenvalue weighted by atomic mass is 35.5. The maximum atomic E-state index is 10.9. The van der Waals surface area contributed by atoms with Crippen molar-refractivity contribution < 1.29 is 14.3 Å². The molecule has 0 heterocycles. The minimum atomic E-state index is -0.262. The normalized spacial score (nSPS) is 9.47. The number of likely N-dealkylation sites (N-methyl/N-ethyl adjacent to an activating group) is 1. The second-order valence-electron chi connectivity index (χ2n) is 2.76. The fraction of sp³-hybridized carbons (Fsp3) is 0.200. The van der Waals surface area contributed by atoms with Gasteiger partial charge in [0.2, 0.25) is 0 Å². The van der Waals surface area contributed by atoms with Gasteiger partial charge >= 0.3 is 0 Å². The summed E-state index contributed by atoms with van der Waals surface area (Å²) < 4.78 is 5.13. The van der Waals surface area contributed by atoms with E-state index in [1.807, 2.05) is 0 Å². The molecule has 0 atom stereocenters. The Labute approximate surface area is 92.2 Å². The van der Waals surface area contributed by atoms with Crippen molar-refractivity contribution in [2.75, 3.05) is 13.7 Å². The van der Waals surface area contributed by atoms with Crippen molar-refractivity contribution >= 4 is 23.8 Å². The first-order chi connectivity index (χ1) is 7.17. The van der Waals surface area contributed by atoms with Gasteiger partial charge in [-0.25, -0.2) is 0 Å². The highest BCUT2D eigenvalue weighted by molar-refractivity contribution is 6.30. The lowest BCUT2D eigenvalue weighted by molar-refractivity contribution is -0.122. The van der Waals surface area contributed by atoms with Crippen molar-refractivity contribution in [1.82, 2.24) is 5.32 Å². The Morgan fingerprint density at radius 2 is 2.33 bits per heavy atom. The average molecular weight is 228 g/mol. The van der Waals surface area contributed by atoms with Crippen LogP contribution in [0.5, 0.6) is 5.75 Å². The molecular weight excluding hydrogens is 218 g/mol. The third-order valence-corrected chi connectivity index (χ3v) is 1.97. The molecule has 15 heavy (non-hydrogen) atoms. The fourth-order valence-electron chi connectivity index (χ4n) is 0.958. The number of ether oxygens (including phenoxy) is 1.